The molecule has 1 aromatic carbocycles. The lowest BCUT2D eigenvalue weighted by molar-refractivity contribution is -0.199. The minimum atomic E-state index is -4.95. The smallest absolute Gasteiger partial charge is 0.456 e. The predicted octanol–water partition coefficient (Wildman–Crippen LogP) is 7.39. The average Bonchev–Trinajstić information content (AvgIpc) is 3.13. The number of carbonyl (C=O) groups is 2. The van der Waals surface area contributed by atoms with Gasteiger partial charge in [0, 0.05) is 0 Å². The van der Waals surface area contributed by atoms with E-state index in [4.69, 9.17) is 35.1 Å². The van der Waals surface area contributed by atoms with E-state index in [0.717, 1.165) is 25.0 Å². The molecule has 0 spiro atoms. The summed E-state index contributed by atoms with van der Waals surface area (Å²) in [7, 11) is -0.858. The highest BCUT2D eigenvalue weighted by Gasteiger charge is 2.68. The van der Waals surface area contributed by atoms with E-state index >= 15 is 0 Å². The quantitative estimate of drug-likeness (QED) is 0.150. The molecule has 1 heterocycles. The minimum Gasteiger partial charge on any atom is -0.456 e. The van der Waals surface area contributed by atoms with E-state index in [-0.39, 0.29) is 29.4 Å². The molecule has 41 heavy (non-hydrogen) atoms. The number of carbonyl (C=O) groups excluding carboxylic acids is 2. The highest BCUT2D eigenvalue weighted by Crippen LogP contribution is 2.66. The number of esters is 1. The van der Waals surface area contributed by atoms with Gasteiger partial charge in [-0.05, 0) is 96.6 Å². The van der Waals surface area contributed by atoms with Crippen LogP contribution in [0.25, 0.3) is 0 Å². The number of alkyl halides is 4. The molecule has 0 radical (unpaired) electrons. The fourth-order valence-corrected chi connectivity index (χ4v) is 6.66. The van der Waals surface area contributed by atoms with Gasteiger partial charge in [0.2, 0.25) is 0 Å². The first-order valence-electron chi connectivity index (χ1n) is 13.9. The molecule has 4 fully saturated rings. The molecule has 2 bridgehead atoms. The van der Waals surface area contributed by atoms with E-state index in [1.165, 1.54) is 20.8 Å². The lowest BCUT2D eigenvalue weighted by Gasteiger charge is -2.64. The summed E-state index contributed by atoms with van der Waals surface area (Å²) in [6.07, 6.45) is -4.65. The van der Waals surface area contributed by atoms with Crippen LogP contribution < -0.4 is 4.74 Å². The number of hydrogen-bond acceptors (Lipinski definition) is 7. The van der Waals surface area contributed by atoms with Crippen LogP contribution in [0.5, 0.6) is 5.75 Å². The second-order valence-corrected chi connectivity index (χ2v) is 14.7. The van der Waals surface area contributed by atoms with Crippen LogP contribution in [-0.2, 0) is 31.4 Å². The van der Waals surface area contributed by atoms with Crippen LogP contribution in [0, 0.1) is 17.3 Å². The Bertz CT molecular complexity index is 1210. The van der Waals surface area contributed by atoms with Crippen LogP contribution in [0.3, 0.4) is 0 Å². The van der Waals surface area contributed by atoms with Gasteiger partial charge in [-0.15, -0.1) is 11.6 Å². The first-order valence-corrected chi connectivity index (χ1v) is 14.3. The van der Waals surface area contributed by atoms with E-state index in [1.807, 2.05) is 6.92 Å². The van der Waals surface area contributed by atoms with Crippen molar-refractivity contribution in [1.29, 1.82) is 0 Å². The molecule has 1 aliphatic heterocycles. The normalized spacial score (nSPS) is 27.9. The number of rotatable bonds is 5. The Hall–Kier alpha value is -1.98. The zero-order valence-electron chi connectivity index (χ0n) is 25.0. The van der Waals surface area contributed by atoms with Crippen molar-refractivity contribution in [3.8, 4) is 5.75 Å². The monoisotopic (exact) mass is 602 g/mol. The van der Waals surface area contributed by atoms with Crippen molar-refractivity contribution >= 4 is 30.8 Å². The van der Waals surface area contributed by atoms with Crippen molar-refractivity contribution in [2.75, 3.05) is 0 Å². The van der Waals surface area contributed by atoms with Gasteiger partial charge in [0.25, 0.3) is 0 Å². The standard InChI is InChI=1S/C29H39BClF3O7/c1-25(2,3)38-23(35)21-17(29(32,33)34)11-10-15(22(21)37-24(36)39-26(4,5)6)12-20(31)30-40-19-14-16-13-18(27(16,7)8)28(19,9)41-30/h10-11,16,18-20H,12-14H2,1-9H3/t16-,18-,19+,20+,28-/m0/s1. The van der Waals surface area contributed by atoms with Crippen LogP contribution in [-0.4, -0.2) is 47.4 Å². The first-order chi connectivity index (χ1) is 18.5. The van der Waals surface area contributed by atoms with E-state index in [1.54, 1.807) is 20.8 Å². The van der Waals surface area contributed by atoms with Crippen molar-refractivity contribution in [2.24, 2.45) is 17.3 Å². The molecule has 228 valence electrons. The van der Waals surface area contributed by atoms with Gasteiger partial charge >= 0.3 is 25.4 Å². The molecule has 0 aromatic heterocycles. The summed E-state index contributed by atoms with van der Waals surface area (Å²) in [5, 5.41) is -0.873. The molecule has 3 saturated carbocycles. The van der Waals surface area contributed by atoms with E-state index < -0.39 is 64.4 Å². The Kier molecular flexibility index (Phi) is 8.05. The lowest BCUT2D eigenvalue weighted by Crippen LogP contribution is -2.65. The van der Waals surface area contributed by atoms with E-state index in [0.29, 0.717) is 5.92 Å². The minimum absolute atomic E-state index is 0.0709. The molecular weight excluding hydrogens is 564 g/mol. The van der Waals surface area contributed by atoms with Crippen LogP contribution in [0.2, 0.25) is 0 Å². The largest absolute Gasteiger partial charge is 0.514 e. The molecule has 5 atom stereocenters. The molecule has 0 unspecified atom stereocenters. The first kappa shape index (κ1) is 31.9. The zero-order valence-corrected chi connectivity index (χ0v) is 25.8. The average molecular weight is 603 g/mol. The molecule has 12 heteroatoms. The van der Waals surface area contributed by atoms with Crippen molar-refractivity contribution in [3.63, 3.8) is 0 Å². The second-order valence-electron chi connectivity index (χ2n) is 14.1. The van der Waals surface area contributed by atoms with Gasteiger partial charge in [-0.2, -0.15) is 13.2 Å². The molecule has 4 aliphatic rings. The summed E-state index contributed by atoms with van der Waals surface area (Å²) >= 11 is 6.80. The van der Waals surface area contributed by atoms with Gasteiger partial charge in [0.15, 0.2) is 5.75 Å². The van der Waals surface area contributed by atoms with Gasteiger partial charge in [-0.3, -0.25) is 0 Å². The highest BCUT2D eigenvalue weighted by atomic mass is 35.5. The van der Waals surface area contributed by atoms with Crippen molar-refractivity contribution in [2.45, 2.75) is 116 Å². The summed E-state index contributed by atoms with van der Waals surface area (Å²) < 4.78 is 70.9. The van der Waals surface area contributed by atoms with Crippen LogP contribution >= 0.6 is 11.6 Å². The Morgan fingerprint density at radius 1 is 1.05 bits per heavy atom. The summed E-state index contributed by atoms with van der Waals surface area (Å²) in [5.74, 6) is -1.13. The Morgan fingerprint density at radius 2 is 1.66 bits per heavy atom. The van der Waals surface area contributed by atoms with Crippen LogP contribution in [0.4, 0.5) is 18.0 Å². The predicted molar refractivity (Wildman–Crippen MR) is 147 cm³/mol. The maximum Gasteiger partial charge on any atom is 0.514 e. The summed E-state index contributed by atoms with van der Waals surface area (Å²) in [6.45, 7) is 15.8. The number of hydrogen-bond donors (Lipinski definition) is 0. The Labute approximate surface area is 244 Å². The molecule has 0 amide bonds. The number of halogens is 4. The van der Waals surface area contributed by atoms with Crippen LogP contribution in [0.1, 0.15) is 96.6 Å². The fraction of sp³-hybridized carbons (Fsp3) is 0.724. The maximum absolute atomic E-state index is 14.1. The third kappa shape index (κ3) is 6.37. The number of benzene rings is 1. The van der Waals surface area contributed by atoms with Crippen molar-refractivity contribution in [1.82, 2.24) is 0 Å². The molecular formula is C29H39BClF3O7. The van der Waals surface area contributed by atoms with E-state index in [2.05, 4.69) is 13.8 Å². The third-order valence-corrected chi connectivity index (χ3v) is 8.76. The van der Waals surface area contributed by atoms with Crippen LogP contribution in [0.15, 0.2) is 12.1 Å². The summed E-state index contributed by atoms with van der Waals surface area (Å²) in [6, 6.07) is 1.89. The third-order valence-electron chi connectivity index (χ3n) is 8.40. The number of ether oxygens (including phenoxy) is 3. The lowest BCUT2D eigenvalue weighted by atomic mass is 9.43. The van der Waals surface area contributed by atoms with Crippen molar-refractivity contribution in [3.05, 3.63) is 28.8 Å². The molecule has 7 nitrogen and oxygen atoms in total. The summed E-state index contributed by atoms with van der Waals surface area (Å²) in [4.78, 5) is 25.9. The topological polar surface area (TPSA) is 80.3 Å². The Balaban J connectivity index is 1.70. The van der Waals surface area contributed by atoms with Crippen molar-refractivity contribution < 1.29 is 46.3 Å². The molecule has 1 aromatic rings. The molecule has 3 aliphatic carbocycles. The highest BCUT2D eigenvalue weighted by molar-refractivity contribution is 6.60. The van der Waals surface area contributed by atoms with Gasteiger partial charge in [0.05, 0.1) is 22.5 Å². The Morgan fingerprint density at radius 3 is 2.20 bits per heavy atom. The van der Waals surface area contributed by atoms with Gasteiger partial charge < -0.3 is 23.5 Å². The van der Waals surface area contributed by atoms with Gasteiger partial charge in [-0.25, -0.2) is 9.59 Å². The second kappa shape index (κ2) is 10.3. The molecule has 0 N–H and O–H groups in total. The zero-order chi connectivity index (χ0) is 30.9. The van der Waals surface area contributed by atoms with Gasteiger partial charge in [-0.1, -0.05) is 19.9 Å². The van der Waals surface area contributed by atoms with E-state index in [9.17, 15) is 22.8 Å². The molecule has 1 saturated heterocycles. The summed E-state index contributed by atoms with van der Waals surface area (Å²) in [5.41, 5.74) is -4.75. The molecule has 5 rings (SSSR count). The SMILES string of the molecule is CC(C)(C)OC(=O)Oc1c(C[C@@H](Cl)B2O[C@@H]3C[C@@H]4C[C@@H](C4(C)C)[C@]3(C)O2)ccc(C(F)(F)F)c1C(=O)OC(C)(C)C. The van der Waals surface area contributed by atoms with Gasteiger partial charge in [0.1, 0.15) is 16.8 Å². The maximum atomic E-state index is 14.1. The fourth-order valence-electron chi connectivity index (χ4n) is 6.38.